The molecule has 27 heavy (non-hydrogen) atoms. The van der Waals surface area contributed by atoms with Gasteiger partial charge in [-0.2, -0.15) is 0 Å². The minimum Gasteiger partial charge on any atom is -0.372 e. The maximum atomic E-state index is 12.8. The van der Waals surface area contributed by atoms with Crippen molar-refractivity contribution >= 4 is 29.3 Å². The van der Waals surface area contributed by atoms with Crippen molar-refractivity contribution in [1.82, 2.24) is 0 Å². The molecule has 0 N–H and O–H groups in total. The summed E-state index contributed by atoms with van der Waals surface area (Å²) in [5.41, 5.74) is 0.953. The average Bonchev–Trinajstić information content (AvgIpc) is 3.07. The van der Waals surface area contributed by atoms with Crippen LogP contribution in [0.2, 0.25) is 0 Å². The van der Waals surface area contributed by atoms with E-state index in [1.54, 1.807) is 60.7 Å². The highest BCUT2D eigenvalue weighted by molar-refractivity contribution is 8.00. The molecule has 1 saturated heterocycles. The number of carbonyl (C=O) groups excluding carboxylic acids is 1. The first-order valence-corrected chi connectivity index (χ1v) is 9.65. The lowest BCUT2D eigenvalue weighted by atomic mass is 9.88. The van der Waals surface area contributed by atoms with Crippen molar-refractivity contribution in [3.8, 4) is 0 Å². The SMILES string of the molecule is O=C(OC(F)(F)F)C(c1ccccc1)C1(c2ccccc2)OC(CCl)CS1. The molecule has 2 aromatic rings. The molecule has 1 aliphatic rings. The standard InChI is InChI=1S/C19H16ClF3O3S/c20-11-15-12-27-18(25-15,14-9-5-2-6-10-14)16(13-7-3-1-4-8-13)17(24)26-19(21,22)23/h1-10,15-16H,11-12H2. The van der Waals surface area contributed by atoms with Gasteiger partial charge in [0.15, 0.2) is 4.93 Å². The molecule has 3 rings (SSSR count). The van der Waals surface area contributed by atoms with Crippen LogP contribution in [0, 0.1) is 0 Å². The fourth-order valence-corrected chi connectivity index (χ4v) is 4.90. The van der Waals surface area contributed by atoms with Crippen LogP contribution in [0.15, 0.2) is 60.7 Å². The van der Waals surface area contributed by atoms with Crippen LogP contribution in [0.25, 0.3) is 0 Å². The van der Waals surface area contributed by atoms with Gasteiger partial charge in [0.05, 0.1) is 6.10 Å². The van der Waals surface area contributed by atoms with Crippen LogP contribution >= 0.6 is 23.4 Å². The topological polar surface area (TPSA) is 35.5 Å². The summed E-state index contributed by atoms with van der Waals surface area (Å²) in [6, 6.07) is 16.9. The van der Waals surface area contributed by atoms with Crippen LogP contribution in [-0.4, -0.2) is 30.1 Å². The quantitative estimate of drug-likeness (QED) is 0.504. The molecular formula is C19H16ClF3O3S. The van der Waals surface area contributed by atoms with Gasteiger partial charge >= 0.3 is 12.3 Å². The van der Waals surface area contributed by atoms with Gasteiger partial charge in [0.25, 0.3) is 0 Å². The predicted molar refractivity (Wildman–Crippen MR) is 97.5 cm³/mol. The highest BCUT2D eigenvalue weighted by Crippen LogP contribution is 2.54. The minimum atomic E-state index is -5.09. The van der Waals surface area contributed by atoms with Gasteiger partial charge in [-0.15, -0.1) is 36.5 Å². The lowest BCUT2D eigenvalue weighted by Gasteiger charge is -2.36. The number of rotatable bonds is 5. The number of hydrogen-bond donors (Lipinski definition) is 0. The Balaban J connectivity index is 2.13. The summed E-state index contributed by atoms with van der Waals surface area (Å²) < 4.78 is 48.4. The molecule has 1 heterocycles. The van der Waals surface area contributed by atoms with Crippen molar-refractivity contribution in [3.63, 3.8) is 0 Å². The van der Waals surface area contributed by atoms with Crippen LogP contribution in [0.3, 0.4) is 0 Å². The molecule has 3 nitrogen and oxygen atoms in total. The summed E-state index contributed by atoms with van der Waals surface area (Å²) in [4.78, 5) is 11.3. The second kappa shape index (κ2) is 8.12. The molecular weight excluding hydrogens is 401 g/mol. The summed E-state index contributed by atoms with van der Waals surface area (Å²) in [5.74, 6) is -2.13. The first-order chi connectivity index (χ1) is 12.9. The first-order valence-electron chi connectivity index (χ1n) is 8.13. The molecule has 3 unspecified atom stereocenters. The highest BCUT2D eigenvalue weighted by atomic mass is 35.5. The minimum absolute atomic E-state index is 0.164. The largest absolute Gasteiger partial charge is 0.575 e. The van der Waals surface area contributed by atoms with Crippen molar-refractivity contribution < 1.29 is 27.4 Å². The predicted octanol–water partition coefficient (Wildman–Crippen LogP) is 5.06. The van der Waals surface area contributed by atoms with Gasteiger partial charge in [-0.3, -0.25) is 4.79 Å². The van der Waals surface area contributed by atoms with Crippen molar-refractivity contribution in [2.24, 2.45) is 0 Å². The Kier molecular flexibility index (Phi) is 6.03. The van der Waals surface area contributed by atoms with E-state index in [9.17, 15) is 18.0 Å². The summed E-state index contributed by atoms with van der Waals surface area (Å²) in [6.07, 6.45) is -5.49. The number of esters is 1. The van der Waals surface area contributed by atoms with E-state index in [0.717, 1.165) is 0 Å². The van der Waals surface area contributed by atoms with Gasteiger partial charge in [0, 0.05) is 11.6 Å². The summed E-state index contributed by atoms with van der Waals surface area (Å²) >= 11 is 7.18. The number of ether oxygens (including phenoxy) is 2. The number of thioether (sulfide) groups is 1. The molecule has 0 aromatic heterocycles. The number of benzene rings is 2. The van der Waals surface area contributed by atoms with Gasteiger partial charge < -0.3 is 9.47 Å². The number of hydrogen-bond acceptors (Lipinski definition) is 4. The summed E-state index contributed by atoms with van der Waals surface area (Å²) in [6.45, 7) is 0. The van der Waals surface area contributed by atoms with Crippen molar-refractivity contribution in [2.75, 3.05) is 11.6 Å². The average molecular weight is 417 g/mol. The van der Waals surface area contributed by atoms with E-state index in [0.29, 0.717) is 16.9 Å². The highest BCUT2D eigenvalue weighted by Gasteiger charge is 2.54. The third-order valence-electron chi connectivity index (χ3n) is 4.14. The second-order valence-electron chi connectivity index (χ2n) is 5.95. The molecule has 3 atom stereocenters. The zero-order chi connectivity index (χ0) is 19.5. The van der Waals surface area contributed by atoms with Gasteiger partial charge in [0.2, 0.25) is 0 Å². The van der Waals surface area contributed by atoms with E-state index < -0.39 is 29.3 Å². The Bertz CT molecular complexity index is 773. The molecule has 144 valence electrons. The Morgan fingerprint density at radius 2 is 1.78 bits per heavy atom. The van der Waals surface area contributed by atoms with Crippen LogP contribution in [0.5, 0.6) is 0 Å². The van der Waals surface area contributed by atoms with Crippen molar-refractivity contribution in [3.05, 3.63) is 71.8 Å². The summed E-state index contributed by atoms with van der Waals surface area (Å²) in [5, 5.41) is 0. The molecule has 0 saturated carbocycles. The van der Waals surface area contributed by atoms with Crippen LogP contribution in [0.1, 0.15) is 17.0 Å². The number of halogens is 4. The molecule has 0 spiro atoms. The molecule has 8 heteroatoms. The first kappa shape index (κ1) is 20.0. The number of alkyl halides is 4. The Morgan fingerprint density at radius 3 is 2.30 bits per heavy atom. The van der Waals surface area contributed by atoms with E-state index in [1.165, 1.54) is 11.8 Å². The second-order valence-corrected chi connectivity index (χ2v) is 7.49. The molecule has 0 aliphatic carbocycles. The third kappa shape index (κ3) is 4.42. The fraction of sp³-hybridized carbons (Fsp3) is 0.316. The van der Waals surface area contributed by atoms with E-state index in [1.807, 2.05) is 0 Å². The van der Waals surface area contributed by atoms with E-state index in [2.05, 4.69) is 4.74 Å². The fourth-order valence-electron chi connectivity index (χ4n) is 3.08. The molecule has 1 aliphatic heterocycles. The van der Waals surface area contributed by atoms with Crippen LogP contribution in [-0.2, 0) is 19.2 Å². The van der Waals surface area contributed by atoms with Crippen LogP contribution < -0.4 is 0 Å². The van der Waals surface area contributed by atoms with E-state index in [-0.39, 0.29) is 5.88 Å². The van der Waals surface area contributed by atoms with Crippen molar-refractivity contribution in [2.45, 2.75) is 23.3 Å². The number of carbonyl (C=O) groups is 1. The lowest BCUT2D eigenvalue weighted by molar-refractivity contribution is -0.307. The van der Waals surface area contributed by atoms with Gasteiger partial charge in [-0.1, -0.05) is 60.7 Å². The van der Waals surface area contributed by atoms with Gasteiger partial charge in [-0.25, -0.2) is 0 Å². The normalized spacial score (nSPS) is 23.8. The Hall–Kier alpha value is -1.70. The van der Waals surface area contributed by atoms with Gasteiger partial charge in [0.1, 0.15) is 5.92 Å². The molecule has 0 amide bonds. The maximum Gasteiger partial charge on any atom is 0.575 e. The van der Waals surface area contributed by atoms with E-state index in [4.69, 9.17) is 16.3 Å². The Morgan fingerprint density at radius 1 is 1.19 bits per heavy atom. The third-order valence-corrected chi connectivity index (χ3v) is 6.02. The van der Waals surface area contributed by atoms with E-state index >= 15 is 0 Å². The zero-order valence-electron chi connectivity index (χ0n) is 14.0. The molecule has 1 fully saturated rings. The lowest BCUT2D eigenvalue weighted by Crippen LogP contribution is -2.39. The zero-order valence-corrected chi connectivity index (χ0v) is 15.6. The monoisotopic (exact) mass is 416 g/mol. The maximum absolute atomic E-state index is 12.8. The summed E-state index contributed by atoms with van der Waals surface area (Å²) in [7, 11) is 0. The van der Waals surface area contributed by atoms with Gasteiger partial charge in [-0.05, 0) is 11.1 Å². The molecule has 0 bridgehead atoms. The Labute approximate surface area is 163 Å². The molecule has 2 aromatic carbocycles. The van der Waals surface area contributed by atoms with Crippen molar-refractivity contribution in [1.29, 1.82) is 0 Å². The smallest absolute Gasteiger partial charge is 0.372 e. The van der Waals surface area contributed by atoms with Crippen LogP contribution in [0.4, 0.5) is 13.2 Å². The molecule has 0 radical (unpaired) electrons.